The van der Waals surface area contributed by atoms with Crippen LogP contribution in [0.1, 0.15) is 41.4 Å². The van der Waals surface area contributed by atoms with Crippen LogP contribution in [0.3, 0.4) is 0 Å². The smallest absolute Gasteiger partial charge is 0.257 e. The number of nitrogens with zero attached hydrogens (tertiary/aromatic N) is 4. The maximum atomic E-state index is 12.4. The number of hydrogen-bond donors (Lipinski definition) is 1. The molecule has 0 aromatic carbocycles. The zero-order chi connectivity index (χ0) is 15.0. The first-order valence-electron chi connectivity index (χ1n) is 7.45. The van der Waals surface area contributed by atoms with Gasteiger partial charge >= 0.3 is 0 Å². The molecule has 0 bridgehead atoms. The SMILES string of the molecule is CN(C)C[C@]1(O)CCN(C(=O)c2cnc(C3CC3)nc2)C1. The van der Waals surface area contributed by atoms with Crippen LogP contribution in [0.4, 0.5) is 0 Å². The molecule has 1 aromatic rings. The van der Waals surface area contributed by atoms with Gasteiger partial charge in [0.15, 0.2) is 0 Å². The van der Waals surface area contributed by atoms with Gasteiger partial charge in [0, 0.05) is 31.4 Å². The molecule has 6 heteroatoms. The molecule has 6 nitrogen and oxygen atoms in total. The third-order valence-corrected chi connectivity index (χ3v) is 4.09. The van der Waals surface area contributed by atoms with Gasteiger partial charge in [-0.25, -0.2) is 9.97 Å². The summed E-state index contributed by atoms with van der Waals surface area (Å²) >= 11 is 0. The molecule has 3 rings (SSSR count). The highest BCUT2D eigenvalue weighted by atomic mass is 16.3. The summed E-state index contributed by atoms with van der Waals surface area (Å²) < 4.78 is 0. The molecule has 2 aliphatic rings. The van der Waals surface area contributed by atoms with Crippen molar-refractivity contribution in [2.45, 2.75) is 30.8 Å². The molecule has 0 unspecified atom stereocenters. The molecule has 1 aromatic heterocycles. The summed E-state index contributed by atoms with van der Waals surface area (Å²) in [6.07, 6.45) is 6.14. The van der Waals surface area contributed by atoms with Gasteiger partial charge in [0.1, 0.15) is 5.82 Å². The number of β-amino-alcohol motifs (C(OH)–C–C–N with tert-alkyl or cyclic N) is 1. The van der Waals surface area contributed by atoms with E-state index in [0.717, 1.165) is 18.7 Å². The number of aromatic nitrogens is 2. The molecule has 1 atom stereocenters. The summed E-state index contributed by atoms with van der Waals surface area (Å²) in [5.74, 6) is 1.25. The maximum absolute atomic E-state index is 12.4. The molecule has 1 saturated heterocycles. The number of likely N-dealkylation sites (N-methyl/N-ethyl adjacent to an activating group) is 1. The van der Waals surface area contributed by atoms with Gasteiger partial charge in [-0.2, -0.15) is 0 Å². The summed E-state index contributed by atoms with van der Waals surface area (Å²) in [5, 5.41) is 10.5. The molecule has 1 amide bonds. The first kappa shape index (κ1) is 14.4. The van der Waals surface area contributed by atoms with Crippen molar-refractivity contribution < 1.29 is 9.90 Å². The summed E-state index contributed by atoms with van der Waals surface area (Å²) in [7, 11) is 3.85. The Balaban J connectivity index is 1.65. The van der Waals surface area contributed by atoms with Crippen molar-refractivity contribution in [2.24, 2.45) is 0 Å². The molecule has 2 heterocycles. The fraction of sp³-hybridized carbons (Fsp3) is 0.667. The number of rotatable bonds is 4. The fourth-order valence-corrected chi connectivity index (χ4v) is 2.93. The first-order chi connectivity index (χ1) is 9.97. The average molecular weight is 290 g/mol. The van der Waals surface area contributed by atoms with Gasteiger partial charge in [0.05, 0.1) is 17.7 Å². The number of likely N-dealkylation sites (tertiary alicyclic amines) is 1. The van der Waals surface area contributed by atoms with Crippen molar-refractivity contribution in [2.75, 3.05) is 33.7 Å². The molecule has 114 valence electrons. The Hall–Kier alpha value is -1.53. The Labute approximate surface area is 124 Å². The second-order valence-corrected chi connectivity index (χ2v) is 6.54. The highest BCUT2D eigenvalue weighted by Gasteiger charge is 2.39. The van der Waals surface area contributed by atoms with Crippen LogP contribution in [0.5, 0.6) is 0 Å². The predicted molar refractivity (Wildman–Crippen MR) is 78.0 cm³/mol. The predicted octanol–water partition coefficient (Wildman–Crippen LogP) is 0.493. The molecule has 0 radical (unpaired) electrons. The number of hydrogen-bond acceptors (Lipinski definition) is 5. The molecule has 21 heavy (non-hydrogen) atoms. The number of carbonyl (C=O) groups excluding carboxylic acids is 1. The van der Waals surface area contributed by atoms with E-state index in [9.17, 15) is 9.90 Å². The van der Waals surface area contributed by atoms with Crippen LogP contribution in [0.2, 0.25) is 0 Å². The van der Waals surface area contributed by atoms with Crippen LogP contribution in [0.25, 0.3) is 0 Å². The summed E-state index contributed by atoms with van der Waals surface area (Å²) in [6, 6.07) is 0. The molecule has 1 saturated carbocycles. The Bertz CT molecular complexity index is 527. The average Bonchev–Trinajstić information content (AvgIpc) is 3.21. The van der Waals surface area contributed by atoms with E-state index in [1.165, 1.54) is 0 Å². The monoisotopic (exact) mass is 290 g/mol. The van der Waals surface area contributed by atoms with Crippen molar-refractivity contribution in [3.05, 3.63) is 23.8 Å². The van der Waals surface area contributed by atoms with Gasteiger partial charge in [-0.3, -0.25) is 4.79 Å². The van der Waals surface area contributed by atoms with Gasteiger partial charge in [0.25, 0.3) is 5.91 Å². The van der Waals surface area contributed by atoms with Gasteiger partial charge in [-0.1, -0.05) is 0 Å². The molecular weight excluding hydrogens is 268 g/mol. The second-order valence-electron chi connectivity index (χ2n) is 6.54. The van der Waals surface area contributed by atoms with E-state index in [-0.39, 0.29) is 5.91 Å². The van der Waals surface area contributed by atoms with Gasteiger partial charge < -0.3 is 14.9 Å². The summed E-state index contributed by atoms with van der Waals surface area (Å²) in [5.41, 5.74) is -0.304. The minimum Gasteiger partial charge on any atom is -0.387 e. The lowest BCUT2D eigenvalue weighted by atomic mass is 10.0. The third kappa shape index (κ3) is 3.22. The van der Waals surface area contributed by atoms with E-state index >= 15 is 0 Å². The van der Waals surface area contributed by atoms with Crippen molar-refractivity contribution in [3.8, 4) is 0 Å². The Morgan fingerprint density at radius 1 is 1.43 bits per heavy atom. The topological polar surface area (TPSA) is 69.6 Å². The van der Waals surface area contributed by atoms with Crippen LogP contribution in [0, 0.1) is 0 Å². The van der Waals surface area contributed by atoms with Crippen molar-refractivity contribution in [1.29, 1.82) is 0 Å². The third-order valence-electron chi connectivity index (χ3n) is 4.09. The molecular formula is C15H22N4O2. The number of carbonyl (C=O) groups is 1. The Kier molecular flexibility index (Phi) is 3.67. The van der Waals surface area contributed by atoms with Crippen LogP contribution >= 0.6 is 0 Å². The Morgan fingerprint density at radius 3 is 2.67 bits per heavy atom. The highest BCUT2D eigenvalue weighted by molar-refractivity contribution is 5.93. The molecule has 1 aliphatic heterocycles. The number of aliphatic hydroxyl groups is 1. The van der Waals surface area contributed by atoms with E-state index < -0.39 is 5.60 Å². The second kappa shape index (κ2) is 5.35. The largest absolute Gasteiger partial charge is 0.387 e. The fourth-order valence-electron chi connectivity index (χ4n) is 2.93. The lowest BCUT2D eigenvalue weighted by Gasteiger charge is -2.26. The van der Waals surface area contributed by atoms with Crippen LogP contribution in [-0.4, -0.2) is 70.1 Å². The van der Waals surface area contributed by atoms with E-state index in [2.05, 4.69) is 9.97 Å². The van der Waals surface area contributed by atoms with Gasteiger partial charge in [-0.15, -0.1) is 0 Å². The molecule has 0 spiro atoms. The normalized spacial score (nSPS) is 25.6. The zero-order valence-electron chi connectivity index (χ0n) is 12.6. The van der Waals surface area contributed by atoms with Crippen molar-refractivity contribution in [1.82, 2.24) is 19.8 Å². The summed E-state index contributed by atoms with van der Waals surface area (Å²) in [6.45, 7) is 1.51. The Morgan fingerprint density at radius 2 is 2.10 bits per heavy atom. The lowest BCUT2D eigenvalue weighted by molar-refractivity contribution is 0.0236. The van der Waals surface area contributed by atoms with Crippen molar-refractivity contribution >= 4 is 5.91 Å². The van der Waals surface area contributed by atoms with Crippen LogP contribution < -0.4 is 0 Å². The minimum atomic E-state index is -0.812. The van der Waals surface area contributed by atoms with Crippen molar-refractivity contribution in [3.63, 3.8) is 0 Å². The minimum absolute atomic E-state index is 0.0907. The van der Waals surface area contributed by atoms with E-state index in [0.29, 0.717) is 37.5 Å². The van der Waals surface area contributed by atoms with E-state index in [1.54, 1.807) is 17.3 Å². The highest BCUT2D eigenvalue weighted by Crippen LogP contribution is 2.37. The lowest BCUT2D eigenvalue weighted by Crippen LogP contribution is -2.43. The molecule has 2 fully saturated rings. The standard InChI is InChI=1S/C15H22N4O2/c1-18(2)9-15(21)5-6-19(10-15)14(20)12-7-16-13(17-8-12)11-3-4-11/h7-8,11,21H,3-6,9-10H2,1-2H3/t15-/m1/s1. The van der Waals surface area contributed by atoms with Crippen LogP contribution in [0.15, 0.2) is 12.4 Å². The molecule has 1 aliphatic carbocycles. The van der Waals surface area contributed by atoms with Crippen LogP contribution in [-0.2, 0) is 0 Å². The zero-order valence-corrected chi connectivity index (χ0v) is 12.6. The molecule has 1 N–H and O–H groups in total. The first-order valence-corrected chi connectivity index (χ1v) is 7.45. The quantitative estimate of drug-likeness (QED) is 0.874. The number of amides is 1. The van der Waals surface area contributed by atoms with Gasteiger partial charge in [-0.05, 0) is 33.4 Å². The maximum Gasteiger partial charge on any atom is 0.257 e. The van der Waals surface area contributed by atoms with E-state index in [1.807, 2.05) is 19.0 Å². The summed E-state index contributed by atoms with van der Waals surface area (Å²) in [4.78, 5) is 24.7. The van der Waals surface area contributed by atoms with E-state index in [4.69, 9.17) is 0 Å². The van der Waals surface area contributed by atoms with Gasteiger partial charge in [0.2, 0.25) is 0 Å².